The van der Waals surface area contributed by atoms with E-state index in [1.807, 2.05) is 26.0 Å². The first-order valence-corrected chi connectivity index (χ1v) is 8.01. The van der Waals surface area contributed by atoms with Crippen molar-refractivity contribution in [2.75, 3.05) is 16.3 Å². The topological polar surface area (TPSA) is 71.1 Å². The highest BCUT2D eigenvalue weighted by Crippen LogP contribution is 2.21. The smallest absolute Gasteiger partial charge is 0.230 e. The molecule has 1 heterocycles. The number of pyridine rings is 1. The number of hydrogen-bond donors (Lipinski definition) is 2. The van der Waals surface area contributed by atoms with Gasteiger partial charge in [0.1, 0.15) is 5.82 Å². The largest absolute Gasteiger partial charge is 0.354 e. The van der Waals surface area contributed by atoms with Crippen molar-refractivity contribution < 1.29 is 8.42 Å². The van der Waals surface area contributed by atoms with Crippen molar-refractivity contribution in [1.82, 2.24) is 4.98 Å². The Morgan fingerprint density at radius 2 is 1.85 bits per heavy atom. The van der Waals surface area contributed by atoms with Crippen LogP contribution in [0.25, 0.3) is 0 Å². The van der Waals surface area contributed by atoms with Gasteiger partial charge >= 0.3 is 0 Å². The molecule has 0 saturated carbocycles. The summed E-state index contributed by atoms with van der Waals surface area (Å²) in [6, 6.07) is 9.53. The lowest BCUT2D eigenvalue weighted by Gasteiger charge is -2.10. The average Bonchev–Trinajstić information content (AvgIpc) is 2.33. The molecule has 106 valence electrons. The number of sulfonamides is 1. The summed E-state index contributed by atoms with van der Waals surface area (Å²) < 4.78 is 24.5. The Labute approximate surface area is 119 Å². The van der Waals surface area contributed by atoms with Gasteiger partial charge in [0.25, 0.3) is 0 Å². The molecule has 2 rings (SSSR count). The van der Waals surface area contributed by atoms with Gasteiger partial charge in [0.15, 0.2) is 0 Å². The summed E-state index contributed by atoms with van der Waals surface area (Å²) >= 11 is 0. The summed E-state index contributed by atoms with van der Waals surface area (Å²) in [6.45, 7) is 4.08. The molecule has 0 aliphatic heterocycles. The lowest BCUT2D eigenvalue weighted by molar-refractivity contribution is 0.606. The standard InChI is InChI=1S/C14H17N3O2S/c1-10-4-6-13(11(2)8-10)16-12-5-7-14(15-9-12)17-20(3,18)19/h4-9,16H,1-3H3,(H,15,17). The summed E-state index contributed by atoms with van der Waals surface area (Å²) in [7, 11) is -3.29. The monoisotopic (exact) mass is 291 g/mol. The van der Waals surface area contributed by atoms with Crippen LogP contribution in [-0.4, -0.2) is 19.7 Å². The number of hydrogen-bond acceptors (Lipinski definition) is 4. The SMILES string of the molecule is Cc1ccc(Nc2ccc(NS(C)(=O)=O)nc2)c(C)c1. The summed E-state index contributed by atoms with van der Waals surface area (Å²) in [6.07, 6.45) is 2.68. The van der Waals surface area contributed by atoms with E-state index in [2.05, 4.69) is 21.1 Å². The second-order valence-electron chi connectivity index (χ2n) is 4.75. The lowest BCUT2D eigenvalue weighted by atomic mass is 10.1. The Morgan fingerprint density at radius 3 is 2.40 bits per heavy atom. The van der Waals surface area contributed by atoms with Crippen molar-refractivity contribution in [2.45, 2.75) is 13.8 Å². The van der Waals surface area contributed by atoms with E-state index in [9.17, 15) is 8.42 Å². The van der Waals surface area contributed by atoms with Crippen LogP contribution in [-0.2, 0) is 10.0 Å². The van der Waals surface area contributed by atoms with Gasteiger partial charge in [0, 0.05) is 5.69 Å². The van der Waals surface area contributed by atoms with Crippen LogP contribution in [0.3, 0.4) is 0 Å². The lowest BCUT2D eigenvalue weighted by Crippen LogP contribution is -2.10. The first-order chi connectivity index (χ1) is 9.33. The minimum absolute atomic E-state index is 0.304. The number of aryl methyl sites for hydroxylation is 2. The Bertz CT molecular complexity index is 710. The molecule has 0 spiro atoms. The third kappa shape index (κ3) is 3.96. The van der Waals surface area contributed by atoms with Gasteiger partial charge in [0.05, 0.1) is 18.1 Å². The molecule has 2 aromatic rings. The van der Waals surface area contributed by atoms with Crippen LogP contribution in [0, 0.1) is 13.8 Å². The van der Waals surface area contributed by atoms with E-state index in [0.717, 1.165) is 23.2 Å². The molecule has 0 fully saturated rings. The predicted molar refractivity (Wildman–Crippen MR) is 81.9 cm³/mol. The molecule has 20 heavy (non-hydrogen) atoms. The molecule has 6 heteroatoms. The summed E-state index contributed by atoms with van der Waals surface area (Å²) in [5.74, 6) is 0.304. The van der Waals surface area contributed by atoms with E-state index in [-0.39, 0.29) is 0 Å². The van der Waals surface area contributed by atoms with Crippen LogP contribution in [0.4, 0.5) is 17.2 Å². The van der Waals surface area contributed by atoms with Crippen molar-refractivity contribution in [3.05, 3.63) is 47.7 Å². The van der Waals surface area contributed by atoms with Crippen molar-refractivity contribution >= 4 is 27.2 Å². The Morgan fingerprint density at radius 1 is 1.10 bits per heavy atom. The second kappa shape index (κ2) is 5.50. The van der Waals surface area contributed by atoms with Crippen LogP contribution >= 0.6 is 0 Å². The highest BCUT2D eigenvalue weighted by molar-refractivity contribution is 7.92. The number of benzene rings is 1. The minimum Gasteiger partial charge on any atom is -0.354 e. The van der Waals surface area contributed by atoms with Crippen LogP contribution in [0.15, 0.2) is 36.5 Å². The fourth-order valence-electron chi connectivity index (χ4n) is 1.83. The van der Waals surface area contributed by atoms with E-state index >= 15 is 0 Å². The van der Waals surface area contributed by atoms with Gasteiger partial charge in [-0.2, -0.15) is 0 Å². The van der Waals surface area contributed by atoms with Gasteiger partial charge in [-0.05, 0) is 37.6 Å². The van der Waals surface area contributed by atoms with E-state index in [4.69, 9.17) is 0 Å². The summed E-state index contributed by atoms with van der Waals surface area (Å²) in [4.78, 5) is 4.05. The van der Waals surface area contributed by atoms with Crippen LogP contribution < -0.4 is 10.0 Å². The van der Waals surface area contributed by atoms with Gasteiger partial charge in [-0.15, -0.1) is 0 Å². The quantitative estimate of drug-likeness (QED) is 0.908. The molecule has 0 amide bonds. The molecule has 2 N–H and O–H groups in total. The molecule has 0 aliphatic rings. The van der Waals surface area contributed by atoms with Crippen molar-refractivity contribution in [2.24, 2.45) is 0 Å². The normalized spacial score (nSPS) is 11.2. The molecular weight excluding hydrogens is 274 g/mol. The van der Waals surface area contributed by atoms with Gasteiger partial charge in [-0.3, -0.25) is 4.72 Å². The predicted octanol–water partition coefficient (Wildman–Crippen LogP) is 2.81. The van der Waals surface area contributed by atoms with E-state index in [1.165, 1.54) is 5.56 Å². The molecule has 0 bridgehead atoms. The number of nitrogens with one attached hydrogen (secondary N) is 2. The van der Waals surface area contributed by atoms with E-state index in [1.54, 1.807) is 18.3 Å². The van der Waals surface area contributed by atoms with Crippen LogP contribution in [0.5, 0.6) is 0 Å². The Kier molecular flexibility index (Phi) is 3.94. The first kappa shape index (κ1) is 14.3. The molecule has 0 atom stereocenters. The molecule has 0 unspecified atom stereocenters. The minimum atomic E-state index is -3.29. The average molecular weight is 291 g/mol. The molecule has 5 nitrogen and oxygen atoms in total. The van der Waals surface area contributed by atoms with Crippen molar-refractivity contribution in [3.8, 4) is 0 Å². The third-order valence-electron chi connectivity index (χ3n) is 2.71. The van der Waals surface area contributed by atoms with E-state index in [0.29, 0.717) is 5.82 Å². The molecule has 1 aromatic carbocycles. The van der Waals surface area contributed by atoms with Crippen LogP contribution in [0.2, 0.25) is 0 Å². The Hall–Kier alpha value is -2.08. The highest BCUT2D eigenvalue weighted by atomic mass is 32.2. The fourth-order valence-corrected chi connectivity index (χ4v) is 2.33. The number of aromatic nitrogens is 1. The zero-order valence-corrected chi connectivity index (χ0v) is 12.5. The first-order valence-electron chi connectivity index (χ1n) is 6.11. The second-order valence-corrected chi connectivity index (χ2v) is 6.50. The maximum atomic E-state index is 11.1. The van der Waals surface area contributed by atoms with Gasteiger partial charge in [-0.1, -0.05) is 17.7 Å². The molecular formula is C14H17N3O2S. The fraction of sp³-hybridized carbons (Fsp3) is 0.214. The molecule has 1 aromatic heterocycles. The number of anilines is 3. The van der Waals surface area contributed by atoms with Gasteiger partial charge in [-0.25, -0.2) is 13.4 Å². The van der Waals surface area contributed by atoms with Gasteiger partial charge < -0.3 is 5.32 Å². The van der Waals surface area contributed by atoms with Gasteiger partial charge in [0.2, 0.25) is 10.0 Å². The van der Waals surface area contributed by atoms with Crippen molar-refractivity contribution in [1.29, 1.82) is 0 Å². The highest BCUT2D eigenvalue weighted by Gasteiger charge is 2.04. The summed E-state index contributed by atoms with van der Waals surface area (Å²) in [5, 5.41) is 3.25. The number of rotatable bonds is 4. The number of nitrogens with zero attached hydrogens (tertiary/aromatic N) is 1. The third-order valence-corrected chi connectivity index (χ3v) is 3.29. The zero-order chi connectivity index (χ0) is 14.8. The maximum absolute atomic E-state index is 11.1. The molecule has 0 radical (unpaired) electrons. The van der Waals surface area contributed by atoms with E-state index < -0.39 is 10.0 Å². The summed E-state index contributed by atoms with van der Waals surface area (Å²) in [5.41, 5.74) is 4.15. The maximum Gasteiger partial charge on any atom is 0.230 e. The van der Waals surface area contributed by atoms with Crippen molar-refractivity contribution in [3.63, 3.8) is 0 Å². The van der Waals surface area contributed by atoms with Crippen LogP contribution in [0.1, 0.15) is 11.1 Å². The zero-order valence-electron chi connectivity index (χ0n) is 11.6. The Balaban J connectivity index is 2.14. The molecule has 0 saturated heterocycles. The molecule has 0 aliphatic carbocycles.